The van der Waals surface area contributed by atoms with Crippen molar-refractivity contribution in [3.63, 3.8) is 0 Å². The third-order valence-electron chi connectivity index (χ3n) is 2.29. The molecule has 6 heteroatoms. The Morgan fingerprint density at radius 3 is 2.94 bits per heavy atom. The van der Waals surface area contributed by atoms with Gasteiger partial charge in [0, 0.05) is 10.9 Å². The Morgan fingerprint density at radius 2 is 2.41 bits per heavy atom. The molecule has 0 spiro atoms. The summed E-state index contributed by atoms with van der Waals surface area (Å²) in [5.74, 6) is -0.555. The minimum atomic E-state index is -0.995. The lowest BCUT2D eigenvalue weighted by Crippen LogP contribution is -2.01. The smallest absolute Gasteiger partial charge is 0.341 e. The van der Waals surface area contributed by atoms with E-state index >= 15 is 0 Å². The van der Waals surface area contributed by atoms with Crippen LogP contribution in [0, 0.1) is 0 Å². The molecule has 0 unspecified atom stereocenters. The Bertz CT molecular complexity index is 547. The Morgan fingerprint density at radius 1 is 1.65 bits per heavy atom. The first-order valence-electron chi connectivity index (χ1n) is 5.10. The van der Waals surface area contributed by atoms with Gasteiger partial charge in [0.15, 0.2) is 5.76 Å². The van der Waals surface area contributed by atoms with Crippen molar-refractivity contribution in [1.82, 2.24) is 5.16 Å². The van der Waals surface area contributed by atoms with E-state index in [2.05, 4.69) is 21.1 Å². The Kier molecular flexibility index (Phi) is 3.63. The van der Waals surface area contributed by atoms with Crippen molar-refractivity contribution in [3.05, 3.63) is 27.2 Å². The SMILES string of the molecule is CCCc1onc(-c2sccc2Br)c1C(=O)O. The maximum Gasteiger partial charge on any atom is 0.341 e. The second kappa shape index (κ2) is 5.01. The zero-order valence-corrected chi connectivity index (χ0v) is 11.5. The summed E-state index contributed by atoms with van der Waals surface area (Å²) in [5, 5.41) is 15.0. The van der Waals surface area contributed by atoms with E-state index in [-0.39, 0.29) is 5.56 Å². The van der Waals surface area contributed by atoms with Crippen LogP contribution in [0.25, 0.3) is 10.6 Å². The molecule has 0 aliphatic carbocycles. The van der Waals surface area contributed by atoms with E-state index in [0.29, 0.717) is 17.9 Å². The van der Waals surface area contributed by atoms with Gasteiger partial charge in [-0.25, -0.2) is 4.79 Å². The molecule has 0 atom stereocenters. The van der Waals surface area contributed by atoms with Crippen LogP contribution in [0.2, 0.25) is 0 Å². The molecule has 0 amide bonds. The van der Waals surface area contributed by atoms with E-state index in [0.717, 1.165) is 15.8 Å². The van der Waals surface area contributed by atoms with Gasteiger partial charge in [-0.2, -0.15) is 0 Å². The molecule has 0 radical (unpaired) electrons. The maximum atomic E-state index is 11.3. The van der Waals surface area contributed by atoms with Gasteiger partial charge in [0.05, 0.1) is 4.88 Å². The number of nitrogens with zero attached hydrogens (tertiary/aromatic N) is 1. The molecule has 0 saturated carbocycles. The first-order valence-corrected chi connectivity index (χ1v) is 6.77. The van der Waals surface area contributed by atoms with Crippen molar-refractivity contribution in [2.45, 2.75) is 19.8 Å². The summed E-state index contributed by atoms with van der Waals surface area (Å²) < 4.78 is 5.97. The van der Waals surface area contributed by atoms with Crippen LogP contribution in [0.5, 0.6) is 0 Å². The molecule has 0 bridgehead atoms. The number of rotatable bonds is 4. The number of aryl methyl sites for hydroxylation is 1. The molecule has 0 saturated heterocycles. The van der Waals surface area contributed by atoms with Gasteiger partial charge in [0.2, 0.25) is 0 Å². The lowest BCUT2D eigenvalue weighted by Gasteiger charge is -1.97. The summed E-state index contributed by atoms with van der Waals surface area (Å²) in [7, 11) is 0. The molecule has 0 aliphatic heterocycles. The van der Waals surface area contributed by atoms with Gasteiger partial charge >= 0.3 is 5.97 Å². The number of thiophene rings is 1. The van der Waals surface area contributed by atoms with E-state index in [1.807, 2.05) is 18.4 Å². The van der Waals surface area contributed by atoms with E-state index in [9.17, 15) is 9.90 Å². The molecule has 2 aromatic heterocycles. The van der Waals surface area contributed by atoms with E-state index in [4.69, 9.17) is 4.52 Å². The van der Waals surface area contributed by atoms with Crippen LogP contribution in [-0.2, 0) is 6.42 Å². The number of carboxylic acids is 1. The molecule has 90 valence electrons. The zero-order chi connectivity index (χ0) is 12.4. The normalized spacial score (nSPS) is 10.7. The van der Waals surface area contributed by atoms with E-state index in [1.165, 1.54) is 11.3 Å². The highest BCUT2D eigenvalue weighted by molar-refractivity contribution is 9.10. The van der Waals surface area contributed by atoms with Crippen molar-refractivity contribution < 1.29 is 14.4 Å². The zero-order valence-electron chi connectivity index (χ0n) is 9.07. The predicted octanol–water partition coefficient (Wildman–Crippen LogP) is 3.82. The quantitative estimate of drug-likeness (QED) is 0.931. The lowest BCUT2D eigenvalue weighted by atomic mass is 10.1. The highest BCUT2D eigenvalue weighted by Crippen LogP contribution is 2.36. The number of hydrogen-bond donors (Lipinski definition) is 1. The highest BCUT2D eigenvalue weighted by atomic mass is 79.9. The van der Waals surface area contributed by atoms with Crippen molar-refractivity contribution in [2.75, 3.05) is 0 Å². The molecule has 0 fully saturated rings. The van der Waals surface area contributed by atoms with Crippen LogP contribution < -0.4 is 0 Å². The Hall–Kier alpha value is -1.14. The van der Waals surface area contributed by atoms with Gasteiger partial charge in [-0.3, -0.25) is 0 Å². The fourth-order valence-corrected chi connectivity index (χ4v) is 3.11. The molecule has 0 aliphatic rings. The van der Waals surface area contributed by atoms with Crippen LogP contribution >= 0.6 is 27.3 Å². The van der Waals surface area contributed by atoms with E-state index < -0.39 is 5.97 Å². The summed E-state index contributed by atoms with van der Waals surface area (Å²) in [6, 6.07) is 1.86. The average molecular weight is 316 g/mol. The van der Waals surface area contributed by atoms with Crippen molar-refractivity contribution in [1.29, 1.82) is 0 Å². The summed E-state index contributed by atoms with van der Waals surface area (Å²) in [6.45, 7) is 1.97. The average Bonchev–Trinajstić information content (AvgIpc) is 2.84. The second-order valence-electron chi connectivity index (χ2n) is 3.48. The summed E-state index contributed by atoms with van der Waals surface area (Å²) in [6.07, 6.45) is 1.40. The molecular weight excluding hydrogens is 306 g/mol. The summed E-state index contributed by atoms with van der Waals surface area (Å²) in [5.41, 5.74) is 0.581. The van der Waals surface area contributed by atoms with Crippen LogP contribution in [0.1, 0.15) is 29.5 Å². The predicted molar refractivity (Wildman–Crippen MR) is 68.5 cm³/mol. The van der Waals surface area contributed by atoms with Gasteiger partial charge in [-0.1, -0.05) is 12.1 Å². The van der Waals surface area contributed by atoms with Crippen molar-refractivity contribution >= 4 is 33.2 Å². The molecular formula is C11H10BrNO3S. The van der Waals surface area contributed by atoms with Crippen LogP contribution in [0.15, 0.2) is 20.4 Å². The number of aromatic nitrogens is 1. The van der Waals surface area contributed by atoms with Crippen molar-refractivity contribution in [2.24, 2.45) is 0 Å². The molecule has 0 aromatic carbocycles. The van der Waals surface area contributed by atoms with Crippen LogP contribution in [-0.4, -0.2) is 16.2 Å². The number of aromatic carboxylic acids is 1. The number of halogens is 1. The summed E-state index contributed by atoms with van der Waals surface area (Å²) >= 11 is 4.80. The summed E-state index contributed by atoms with van der Waals surface area (Å²) in [4.78, 5) is 12.1. The monoisotopic (exact) mass is 315 g/mol. The molecule has 2 rings (SSSR count). The fraction of sp³-hybridized carbons (Fsp3) is 0.273. The van der Waals surface area contributed by atoms with Crippen LogP contribution in [0.4, 0.5) is 0 Å². The fourth-order valence-electron chi connectivity index (χ4n) is 1.56. The number of hydrogen-bond acceptors (Lipinski definition) is 4. The highest BCUT2D eigenvalue weighted by Gasteiger charge is 2.24. The molecule has 1 N–H and O–H groups in total. The van der Waals surface area contributed by atoms with E-state index in [1.54, 1.807) is 0 Å². The van der Waals surface area contributed by atoms with Gasteiger partial charge in [-0.05, 0) is 33.8 Å². The molecule has 2 heterocycles. The Labute approximate surface area is 110 Å². The standard InChI is InChI=1S/C11H10BrNO3S/c1-2-3-7-8(11(14)15)9(13-16-7)10-6(12)4-5-17-10/h4-5H,2-3H2,1H3,(H,14,15). The minimum absolute atomic E-state index is 0.176. The molecule has 17 heavy (non-hydrogen) atoms. The first kappa shape index (κ1) is 12.3. The largest absolute Gasteiger partial charge is 0.477 e. The van der Waals surface area contributed by atoms with Gasteiger partial charge in [0.1, 0.15) is 11.3 Å². The third-order valence-corrected chi connectivity index (χ3v) is 4.13. The van der Waals surface area contributed by atoms with Crippen LogP contribution in [0.3, 0.4) is 0 Å². The minimum Gasteiger partial charge on any atom is -0.477 e. The van der Waals surface area contributed by atoms with Crippen molar-refractivity contribution in [3.8, 4) is 10.6 Å². The Balaban J connectivity index is 2.55. The third kappa shape index (κ3) is 2.28. The number of carbonyl (C=O) groups is 1. The molecule has 2 aromatic rings. The lowest BCUT2D eigenvalue weighted by molar-refractivity contribution is 0.0695. The molecule has 4 nitrogen and oxygen atoms in total. The topological polar surface area (TPSA) is 63.3 Å². The van der Waals surface area contributed by atoms with Gasteiger partial charge in [0.25, 0.3) is 0 Å². The first-order chi connectivity index (χ1) is 8.15. The second-order valence-corrected chi connectivity index (χ2v) is 5.25. The number of carboxylic acid groups (broad SMARTS) is 1. The van der Waals surface area contributed by atoms with Gasteiger partial charge in [-0.15, -0.1) is 11.3 Å². The van der Waals surface area contributed by atoms with Gasteiger partial charge < -0.3 is 9.63 Å². The maximum absolute atomic E-state index is 11.3.